The second-order valence-corrected chi connectivity index (χ2v) is 8.77. The van der Waals surface area contributed by atoms with Crippen LogP contribution >= 0.6 is 0 Å². The van der Waals surface area contributed by atoms with Crippen LogP contribution in [-0.2, 0) is 4.74 Å². The molecule has 4 atom stereocenters. The summed E-state index contributed by atoms with van der Waals surface area (Å²) in [7, 11) is 1.62. The SMILES string of the molecule is COc1cc(C(=O)N[C@H]2C[C@H]3CNC[C@H]3C[C@@H]2OCC2CC2)nc2ccccc12. The molecule has 0 bridgehead atoms. The van der Waals surface area contributed by atoms with E-state index in [0.29, 0.717) is 23.3 Å². The fourth-order valence-electron chi connectivity index (χ4n) is 4.83. The Labute approximate surface area is 171 Å². The number of carbonyl (C=O) groups is 1. The lowest BCUT2D eigenvalue weighted by Crippen LogP contribution is -2.50. The van der Waals surface area contributed by atoms with Crippen molar-refractivity contribution < 1.29 is 14.3 Å². The number of pyridine rings is 1. The van der Waals surface area contributed by atoms with Gasteiger partial charge in [-0.05, 0) is 68.7 Å². The Morgan fingerprint density at radius 1 is 1.21 bits per heavy atom. The normalized spacial score (nSPS) is 28.9. The van der Waals surface area contributed by atoms with Gasteiger partial charge in [-0.1, -0.05) is 12.1 Å². The molecule has 1 aliphatic heterocycles. The highest BCUT2D eigenvalue weighted by Crippen LogP contribution is 2.36. The number of carbonyl (C=O) groups excluding carboxylic acids is 1. The second-order valence-electron chi connectivity index (χ2n) is 8.77. The van der Waals surface area contributed by atoms with Gasteiger partial charge in [-0.15, -0.1) is 0 Å². The number of ether oxygens (including phenoxy) is 2. The van der Waals surface area contributed by atoms with Crippen molar-refractivity contribution in [3.05, 3.63) is 36.0 Å². The number of amides is 1. The number of methoxy groups -OCH3 is 1. The molecule has 3 fully saturated rings. The molecule has 2 heterocycles. The predicted molar refractivity (Wildman–Crippen MR) is 111 cm³/mol. The third-order valence-electron chi connectivity index (χ3n) is 6.71. The first-order chi connectivity index (χ1) is 14.2. The third-order valence-corrected chi connectivity index (χ3v) is 6.71. The van der Waals surface area contributed by atoms with Gasteiger partial charge in [-0.3, -0.25) is 4.79 Å². The summed E-state index contributed by atoms with van der Waals surface area (Å²) in [5, 5.41) is 7.67. The minimum Gasteiger partial charge on any atom is -0.496 e. The van der Waals surface area contributed by atoms with E-state index in [1.165, 1.54) is 12.8 Å². The van der Waals surface area contributed by atoms with E-state index in [-0.39, 0.29) is 18.1 Å². The summed E-state index contributed by atoms with van der Waals surface area (Å²) < 4.78 is 11.8. The summed E-state index contributed by atoms with van der Waals surface area (Å²) in [6, 6.07) is 9.50. The van der Waals surface area contributed by atoms with Crippen LogP contribution in [0.3, 0.4) is 0 Å². The molecule has 0 radical (unpaired) electrons. The zero-order chi connectivity index (χ0) is 19.8. The maximum Gasteiger partial charge on any atom is 0.270 e. The summed E-state index contributed by atoms with van der Waals surface area (Å²) in [6.07, 6.45) is 4.62. The second kappa shape index (κ2) is 7.92. The first-order valence-corrected chi connectivity index (χ1v) is 10.8. The summed E-state index contributed by atoms with van der Waals surface area (Å²) in [4.78, 5) is 17.7. The van der Waals surface area contributed by atoms with Crippen LogP contribution in [-0.4, -0.2) is 49.8 Å². The Morgan fingerprint density at radius 3 is 2.79 bits per heavy atom. The highest BCUT2D eigenvalue weighted by atomic mass is 16.5. The number of hydrogen-bond acceptors (Lipinski definition) is 5. The molecule has 6 nitrogen and oxygen atoms in total. The van der Waals surface area contributed by atoms with E-state index in [1.807, 2.05) is 24.3 Å². The van der Waals surface area contributed by atoms with Crippen molar-refractivity contribution in [2.45, 2.75) is 37.8 Å². The van der Waals surface area contributed by atoms with Gasteiger partial charge >= 0.3 is 0 Å². The predicted octanol–water partition coefficient (Wildman–Crippen LogP) is 2.77. The standard InChI is InChI=1S/C23H29N3O3/c1-28-21-10-20(25-18-5-3-2-4-17(18)21)23(27)26-19-8-15-11-24-12-16(15)9-22(19)29-13-14-6-7-14/h2-5,10,14-16,19,22,24H,6-9,11-13H2,1H3,(H,26,27)/t15-,16+,19-,22-/m0/s1. The minimum absolute atomic E-state index is 0.0293. The first-order valence-electron chi connectivity index (χ1n) is 10.8. The van der Waals surface area contributed by atoms with Crippen molar-refractivity contribution in [2.75, 3.05) is 26.8 Å². The van der Waals surface area contributed by atoms with E-state index in [9.17, 15) is 4.79 Å². The van der Waals surface area contributed by atoms with E-state index in [0.717, 1.165) is 49.4 Å². The van der Waals surface area contributed by atoms with E-state index >= 15 is 0 Å². The van der Waals surface area contributed by atoms with Crippen molar-refractivity contribution in [3.63, 3.8) is 0 Å². The van der Waals surface area contributed by atoms with Gasteiger partial charge in [0.2, 0.25) is 0 Å². The van der Waals surface area contributed by atoms with Gasteiger partial charge in [-0.2, -0.15) is 0 Å². The number of aromatic nitrogens is 1. The third kappa shape index (κ3) is 3.96. The van der Waals surface area contributed by atoms with Gasteiger partial charge in [0.15, 0.2) is 0 Å². The quantitative estimate of drug-likeness (QED) is 0.787. The number of nitrogens with zero attached hydrogens (tertiary/aromatic N) is 1. The zero-order valence-corrected chi connectivity index (χ0v) is 16.9. The monoisotopic (exact) mass is 395 g/mol. The Morgan fingerprint density at radius 2 is 2.00 bits per heavy atom. The van der Waals surface area contributed by atoms with Crippen LogP contribution in [0, 0.1) is 17.8 Å². The lowest BCUT2D eigenvalue weighted by atomic mass is 9.77. The van der Waals surface area contributed by atoms with Gasteiger partial charge in [-0.25, -0.2) is 4.98 Å². The number of benzene rings is 1. The van der Waals surface area contributed by atoms with E-state index in [2.05, 4.69) is 15.6 Å². The first kappa shape index (κ1) is 18.8. The molecular weight excluding hydrogens is 366 g/mol. The van der Waals surface area contributed by atoms with E-state index in [4.69, 9.17) is 9.47 Å². The average molecular weight is 396 g/mol. The summed E-state index contributed by atoms with van der Waals surface area (Å²) >= 11 is 0. The number of fused-ring (bicyclic) bond motifs is 2. The fraction of sp³-hybridized carbons (Fsp3) is 0.565. The molecule has 3 aliphatic rings. The molecule has 29 heavy (non-hydrogen) atoms. The van der Waals surface area contributed by atoms with E-state index < -0.39 is 0 Å². The average Bonchev–Trinajstić information content (AvgIpc) is 3.47. The maximum atomic E-state index is 13.1. The zero-order valence-electron chi connectivity index (χ0n) is 16.9. The van der Waals surface area contributed by atoms with Crippen molar-refractivity contribution in [2.24, 2.45) is 17.8 Å². The van der Waals surface area contributed by atoms with Crippen molar-refractivity contribution in [3.8, 4) is 5.75 Å². The Bertz CT molecular complexity index is 898. The van der Waals surface area contributed by atoms with Crippen molar-refractivity contribution >= 4 is 16.8 Å². The number of hydrogen-bond donors (Lipinski definition) is 2. The summed E-state index contributed by atoms with van der Waals surface area (Å²) in [5.74, 6) is 2.51. The Kier molecular flexibility index (Phi) is 5.14. The number of para-hydroxylation sites is 1. The van der Waals surface area contributed by atoms with Gasteiger partial charge in [0.05, 0.1) is 24.8 Å². The van der Waals surface area contributed by atoms with Gasteiger partial charge < -0.3 is 20.1 Å². The molecule has 1 aromatic heterocycles. The van der Waals surface area contributed by atoms with Gasteiger partial charge in [0.25, 0.3) is 5.91 Å². The lowest BCUT2D eigenvalue weighted by Gasteiger charge is -2.38. The van der Waals surface area contributed by atoms with Crippen LogP contribution in [0.15, 0.2) is 30.3 Å². The molecular formula is C23H29N3O3. The molecule has 2 saturated carbocycles. The van der Waals surface area contributed by atoms with Crippen molar-refractivity contribution in [1.82, 2.24) is 15.6 Å². The number of rotatable bonds is 6. The van der Waals surface area contributed by atoms with Gasteiger partial charge in [0, 0.05) is 18.1 Å². The van der Waals surface area contributed by atoms with Crippen LogP contribution in [0.4, 0.5) is 0 Å². The largest absolute Gasteiger partial charge is 0.496 e. The highest BCUT2D eigenvalue weighted by molar-refractivity contribution is 5.97. The maximum absolute atomic E-state index is 13.1. The van der Waals surface area contributed by atoms with Crippen LogP contribution in [0.2, 0.25) is 0 Å². The molecule has 2 aromatic rings. The summed E-state index contributed by atoms with van der Waals surface area (Å²) in [5.41, 5.74) is 1.16. The molecule has 1 amide bonds. The fourth-order valence-corrected chi connectivity index (χ4v) is 4.83. The highest BCUT2D eigenvalue weighted by Gasteiger charge is 2.41. The molecule has 0 spiro atoms. The molecule has 6 heteroatoms. The minimum atomic E-state index is -0.150. The Balaban J connectivity index is 1.35. The van der Waals surface area contributed by atoms with Crippen molar-refractivity contribution in [1.29, 1.82) is 0 Å². The van der Waals surface area contributed by atoms with Crippen LogP contribution in [0.5, 0.6) is 5.75 Å². The number of nitrogens with one attached hydrogen (secondary N) is 2. The van der Waals surface area contributed by atoms with E-state index in [1.54, 1.807) is 13.2 Å². The van der Waals surface area contributed by atoms with Gasteiger partial charge in [0.1, 0.15) is 11.4 Å². The van der Waals surface area contributed by atoms with Crippen LogP contribution in [0.25, 0.3) is 10.9 Å². The molecule has 5 rings (SSSR count). The molecule has 1 saturated heterocycles. The molecule has 2 aliphatic carbocycles. The molecule has 1 aromatic carbocycles. The molecule has 2 N–H and O–H groups in total. The lowest BCUT2D eigenvalue weighted by molar-refractivity contribution is -0.0212. The van der Waals surface area contributed by atoms with Crippen LogP contribution < -0.4 is 15.4 Å². The molecule has 154 valence electrons. The summed E-state index contributed by atoms with van der Waals surface area (Å²) in [6.45, 7) is 2.93. The smallest absolute Gasteiger partial charge is 0.270 e. The topological polar surface area (TPSA) is 72.5 Å². The van der Waals surface area contributed by atoms with Crippen LogP contribution in [0.1, 0.15) is 36.2 Å². The Hall–Kier alpha value is -2.18. The molecule has 0 unspecified atom stereocenters.